The Labute approximate surface area is 56.3 Å². The van der Waals surface area contributed by atoms with Crippen LogP contribution in [0.3, 0.4) is 0 Å². The van der Waals surface area contributed by atoms with Gasteiger partial charge in [-0.25, -0.2) is 0 Å². The maximum Gasteiger partial charge on any atom is 0.343 e. The lowest BCUT2D eigenvalue weighted by Crippen LogP contribution is -2.10. The first-order chi connectivity index (χ1) is 3.62. The van der Waals surface area contributed by atoms with E-state index in [-0.39, 0.29) is 5.54 Å². The first-order valence-corrected chi connectivity index (χ1v) is 3.18. The number of hydrogen-bond donors (Lipinski definition) is 1. The van der Waals surface area contributed by atoms with E-state index in [1.165, 1.54) is 0 Å². The number of thiocyanates is 1. The Kier molecular flexibility index (Phi) is 2.93. The lowest BCUT2D eigenvalue weighted by Gasteiger charge is -1.98. The number of hydrogen-bond acceptors (Lipinski definition) is 1. The summed E-state index contributed by atoms with van der Waals surface area (Å²) in [6, 6.07) is 0. The zero-order chi connectivity index (χ0) is 6.62. The molecule has 0 N–H and O–H groups in total. The van der Waals surface area contributed by atoms with Gasteiger partial charge in [0.25, 0.3) is 5.54 Å². The summed E-state index contributed by atoms with van der Waals surface area (Å²) in [5.74, 6) is 0. The molecule has 0 radical (unpaired) electrons. The number of rotatable bonds is 1. The molecule has 0 aromatic heterocycles. The molecule has 0 bridgehead atoms. The van der Waals surface area contributed by atoms with E-state index in [0.29, 0.717) is 0 Å². The van der Waals surface area contributed by atoms with Crippen molar-refractivity contribution >= 4 is 12.6 Å². The second-order valence-corrected chi connectivity index (χ2v) is 2.58. The van der Waals surface area contributed by atoms with Crippen LogP contribution in [0.1, 0.15) is 27.2 Å². The second kappa shape index (κ2) is 2.99. The Morgan fingerprint density at radius 1 is 1.62 bits per heavy atom. The van der Waals surface area contributed by atoms with Crippen LogP contribution >= 0.6 is 12.6 Å². The fraction of sp³-hybridized carbons (Fsp3) is 0.833. The van der Waals surface area contributed by atoms with Crippen molar-refractivity contribution in [2.24, 2.45) is 0 Å². The molecule has 0 fully saturated rings. The van der Waals surface area contributed by atoms with E-state index in [1.807, 2.05) is 0 Å². The van der Waals surface area contributed by atoms with Crippen LogP contribution in [-0.4, -0.2) is 5.54 Å². The van der Waals surface area contributed by atoms with E-state index >= 15 is 0 Å². The van der Waals surface area contributed by atoms with Gasteiger partial charge < -0.3 is 0 Å². The molecule has 2 heteroatoms. The Morgan fingerprint density at radius 3 is 2.25 bits per heavy atom. The summed E-state index contributed by atoms with van der Waals surface area (Å²) in [6.07, 6.45) is 1.03. The first-order valence-electron chi connectivity index (χ1n) is 2.73. The Balaban J connectivity index is 3.85. The molecule has 0 spiro atoms. The van der Waals surface area contributed by atoms with Gasteiger partial charge in [0, 0.05) is 20.3 Å². The zero-order valence-corrected chi connectivity index (χ0v) is 6.50. The van der Waals surface area contributed by atoms with Crippen molar-refractivity contribution in [2.75, 3.05) is 0 Å². The summed E-state index contributed by atoms with van der Waals surface area (Å²) >= 11 is 3.75. The molecule has 0 aliphatic heterocycles. The third-order valence-electron chi connectivity index (χ3n) is 1.22. The van der Waals surface area contributed by atoms with Crippen LogP contribution in [0, 0.1) is 5.40 Å². The van der Waals surface area contributed by atoms with Gasteiger partial charge in [-0.2, -0.15) is 0 Å². The largest absolute Gasteiger partial charge is 0.343 e. The molecule has 1 nitrogen and oxygen atoms in total. The molecule has 0 aliphatic carbocycles. The van der Waals surface area contributed by atoms with Crippen molar-refractivity contribution in [3.8, 4) is 5.40 Å². The van der Waals surface area contributed by atoms with Crippen LogP contribution in [0.25, 0.3) is 4.85 Å². The summed E-state index contributed by atoms with van der Waals surface area (Å²) in [6.45, 7) is 6.20. The Morgan fingerprint density at radius 2 is 2.12 bits per heavy atom. The SMILES string of the molecule is CCC(C)(C)[N+]#CS. The van der Waals surface area contributed by atoms with Crippen LogP contribution in [0.2, 0.25) is 0 Å². The van der Waals surface area contributed by atoms with Crippen molar-refractivity contribution in [1.29, 1.82) is 0 Å². The summed E-state index contributed by atoms with van der Waals surface area (Å²) in [7, 11) is 0. The van der Waals surface area contributed by atoms with Crippen LogP contribution in [0.4, 0.5) is 0 Å². The van der Waals surface area contributed by atoms with Crippen LogP contribution in [0.5, 0.6) is 0 Å². The van der Waals surface area contributed by atoms with E-state index in [0.717, 1.165) is 6.42 Å². The van der Waals surface area contributed by atoms with Crippen molar-refractivity contribution in [2.45, 2.75) is 32.7 Å². The quantitative estimate of drug-likeness (QED) is 0.410. The van der Waals surface area contributed by atoms with Gasteiger partial charge in [0.05, 0.1) is 0 Å². The predicted octanol–water partition coefficient (Wildman–Crippen LogP) is 2.40. The molecule has 46 valence electrons. The highest BCUT2D eigenvalue weighted by Crippen LogP contribution is 2.12. The summed E-state index contributed by atoms with van der Waals surface area (Å²) in [5, 5.41) is 2.48. The van der Waals surface area contributed by atoms with Gasteiger partial charge in [0.1, 0.15) is 0 Å². The molecule has 0 saturated carbocycles. The van der Waals surface area contributed by atoms with E-state index in [2.05, 4.69) is 43.6 Å². The maximum atomic E-state index is 3.99. The molecule has 0 rings (SSSR count). The molecule has 0 unspecified atom stereocenters. The minimum Gasteiger partial charge on any atom is -0.0654 e. The Hall–Kier alpha value is -0.160. The van der Waals surface area contributed by atoms with Crippen molar-refractivity contribution in [3.05, 3.63) is 4.85 Å². The minimum atomic E-state index is 0.0295. The fourth-order valence-electron chi connectivity index (χ4n) is 0.214. The van der Waals surface area contributed by atoms with Gasteiger partial charge in [0.15, 0.2) is 0 Å². The minimum absolute atomic E-state index is 0.0295. The molecular formula is C6H12NS+. The van der Waals surface area contributed by atoms with Crippen LogP contribution in [0.15, 0.2) is 0 Å². The molecular weight excluding hydrogens is 118 g/mol. The molecule has 0 aromatic rings. The molecule has 0 aliphatic rings. The van der Waals surface area contributed by atoms with Gasteiger partial charge in [-0.15, -0.1) is 0 Å². The molecule has 0 aromatic carbocycles. The van der Waals surface area contributed by atoms with Crippen LogP contribution in [-0.2, 0) is 0 Å². The Bertz CT molecular complexity index is 118. The number of thiol groups is 1. The highest BCUT2D eigenvalue weighted by Gasteiger charge is 2.23. The van der Waals surface area contributed by atoms with Gasteiger partial charge in [-0.05, 0) is 12.6 Å². The lowest BCUT2D eigenvalue weighted by molar-refractivity contribution is 0.592. The first kappa shape index (κ1) is 7.84. The van der Waals surface area contributed by atoms with Crippen molar-refractivity contribution in [1.82, 2.24) is 0 Å². The van der Waals surface area contributed by atoms with E-state index in [4.69, 9.17) is 0 Å². The maximum absolute atomic E-state index is 3.99. The zero-order valence-electron chi connectivity index (χ0n) is 5.60. The monoisotopic (exact) mass is 130 g/mol. The van der Waals surface area contributed by atoms with Crippen molar-refractivity contribution < 1.29 is 0 Å². The van der Waals surface area contributed by atoms with E-state index < -0.39 is 0 Å². The smallest absolute Gasteiger partial charge is 0.0654 e. The molecule has 0 heterocycles. The third kappa shape index (κ3) is 2.92. The third-order valence-corrected chi connectivity index (χ3v) is 1.32. The normalized spacial score (nSPS) is 10.0. The summed E-state index contributed by atoms with van der Waals surface area (Å²) in [5.41, 5.74) is 0.0295. The summed E-state index contributed by atoms with van der Waals surface area (Å²) in [4.78, 5) is 3.99. The predicted molar refractivity (Wildman–Crippen MR) is 40.6 cm³/mol. The van der Waals surface area contributed by atoms with Crippen LogP contribution < -0.4 is 0 Å². The van der Waals surface area contributed by atoms with E-state index in [1.54, 1.807) is 0 Å². The average molecular weight is 130 g/mol. The molecule has 0 amide bonds. The van der Waals surface area contributed by atoms with Crippen molar-refractivity contribution in [3.63, 3.8) is 0 Å². The number of nitrogens with zero attached hydrogens (tertiary/aromatic N) is 1. The topological polar surface area (TPSA) is 4.36 Å². The van der Waals surface area contributed by atoms with Gasteiger partial charge >= 0.3 is 5.40 Å². The van der Waals surface area contributed by atoms with Gasteiger partial charge in [-0.3, -0.25) is 0 Å². The molecule has 8 heavy (non-hydrogen) atoms. The lowest BCUT2D eigenvalue weighted by atomic mass is 10.0. The van der Waals surface area contributed by atoms with Gasteiger partial charge in [-0.1, -0.05) is 11.8 Å². The highest BCUT2D eigenvalue weighted by molar-refractivity contribution is 7.85. The highest BCUT2D eigenvalue weighted by atomic mass is 32.1. The van der Waals surface area contributed by atoms with Gasteiger partial charge in [0.2, 0.25) is 0 Å². The summed E-state index contributed by atoms with van der Waals surface area (Å²) < 4.78 is 0. The fourth-order valence-corrected chi connectivity index (χ4v) is 0.485. The average Bonchev–Trinajstić information content (AvgIpc) is 1.67. The standard InChI is InChI=1S/C6H11NS/c1-4-6(2,3)7-5-8/h4H2,1-3H3/p+1. The second-order valence-electron chi connectivity index (χ2n) is 2.38. The molecule has 0 saturated heterocycles. The van der Waals surface area contributed by atoms with E-state index in [9.17, 15) is 0 Å². The molecule has 0 atom stereocenters.